The van der Waals surface area contributed by atoms with Crippen LogP contribution < -0.4 is 11.3 Å². The minimum atomic E-state index is -0.120. The van der Waals surface area contributed by atoms with Gasteiger partial charge in [0.25, 0.3) is 5.56 Å². The normalized spacial score (nSPS) is 11.0. The van der Waals surface area contributed by atoms with Crippen LogP contribution in [0.15, 0.2) is 10.9 Å². The Bertz CT molecular complexity index is 370. The zero-order chi connectivity index (χ0) is 12.0. The molecule has 16 heavy (non-hydrogen) atoms. The van der Waals surface area contributed by atoms with E-state index in [4.69, 9.17) is 5.73 Å². The summed E-state index contributed by atoms with van der Waals surface area (Å²) in [4.78, 5) is 20.6. The number of aromatic nitrogens is 2. The first-order valence-electron chi connectivity index (χ1n) is 5.71. The topological polar surface area (TPSA) is 75.0 Å². The number of H-pyrrole nitrogens is 1. The molecule has 0 spiro atoms. The lowest BCUT2D eigenvalue weighted by Gasteiger charge is -2.17. The van der Waals surface area contributed by atoms with Gasteiger partial charge in [0.05, 0.1) is 5.69 Å². The molecule has 90 valence electrons. The molecule has 0 radical (unpaired) electrons. The molecule has 0 aliphatic carbocycles. The number of hydrogen-bond acceptors (Lipinski definition) is 4. The fourth-order valence-electron chi connectivity index (χ4n) is 1.59. The molecule has 1 rings (SSSR count). The fraction of sp³-hybridized carbons (Fsp3) is 0.636. The van der Waals surface area contributed by atoms with Gasteiger partial charge < -0.3 is 15.6 Å². The molecule has 1 aromatic heterocycles. The molecule has 0 fully saturated rings. The van der Waals surface area contributed by atoms with Crippen molar-refractivity contribution in [3.05, 3.63) is 27.9 Å². The van der Waals surface area contributed by atoms with E-state index in [0.717, 1.165) is 31.9 Å². The summed E-state index contributed by atoms with van der Waals surface area (Å²) in [5.41, 5.74) is 6.00. The van der Waals surface area contributed by atoms with Crippen LogP contribution in [0.25, 0.3) is 0 Å². The summed E-state index contributed by atoms with van der Waals surface area (Å²) < 4.78 is 0. The van der Waals surface area contributed by atoms with Crippen molar-refractivity contribution in [1.29, 1.82) is 0 Å². The molecule has 0 bridgehead atoms. The third-order valence-electron chi connectivity index (χ3n) is 2.61. The lowest BCUT2D eigenvalue weighted by molar-refractivity contribution is 0.305. The van der Waals surface area contributed by atoms with E-state index < -0.39 is 0 Å². The molecular formula is C11H20N4O. The number of rotatable bonds is 6. The molecule has 0 aliphatic heterocycles. The van der Waals surface area contributed by atoms with Crippen molar-refractivity contribution in [1.82, 2.24) is 14.9 Å². The van der Waals surface area contributed by atoms with Crippen LogP contribution in [0.4, 0.5) is 0 Å². The number of hydrogen-bond donors (Lipinski definition) is 2. The molecule has 1 aromatic rings. The largest absolute Gasteiger partial charge is 0.325 e. The Kier molecular flexibility index (Phi) is 5.14. The predicted molar refractivity (Wildman–Crippen MR) is 64.2 cm³/mol. The molecule has 0 unspecified atom stereocenters. The van der Waals surface area contributed by atoms with Crippen molar-refractivity contribution in [3.8, 4) is 0 Å². The highest BCUT2D eigenvalue weighted by Crippen LogP contribution is 1.95. The van der Waals surface area contributed by atoms with Gasteiger partial charge in [0, 0.05) is 25.6 Å². The average Bonchev–Trinajstić information content (AvgIpc) is 2.29. The van der Waals surface area contributed by atoms with Crippen molar-refractivity contribution in [2.75, 3.05) is 19.6 Å². The SMILES string of the molecule is CCN(CC)CCc1nc(CN)cc(=O)[nH]1. The highest BCUT2D eigenvalue weighted by molar-refractivity contribution is 5.02. The van der Waals surface area contributed by atoms with Crippen LogP contribution in [0.3, 0.4) is 0 Å². The van der Waals surface area contributed by atoms with Gasteiger partial charge in [-0.05, 0) is 13.1 Å². The van der Waals surface area contributed by atoms with Gasteiger partial charge in [-0.3, -0.25) is 4.79 Å². The van der Waals surface area contributed by atoms with Crippen LogP contribution in [0.5, 0.6) is 0 Å². The van der Waals surface area contributed by atoms with Gasteiger partial charge in [-0.25, -0.2) is 4.98 Å². The van der Waals surface area contributed by atoms with E-state index >= 15 is 0 Å². The molecule has 0 amide bonds. The maximum absolute atomic E-state index is 11.3. The third-order valence-corrected chi connectivity index (χ3v) is 2.61. The molecule has 0 saturated heterocycles. The number of likely N-dealkylation sites (N-methyl/N-ethyl adjacent to an activating group) is 1. The fourth-order valence-corrected chi connectivity index (χ4v) is 1.59. The maximum atomic E-state index is 11.3. The van der Waals surface area contributed by atoms with Crippen molar-refractivity contribution < 1.29 is 0 Å². The van der Waals surface area contributed by atoms with Gasteiger partial charge in [-0.15, -0.1) is 0 Å². The van der Waals surface area contributed by atoms with Crippen LogP contribution in [0.2, 0.25) is 0 Å². The molecule has 5 nitrogen and oxygen atoms in total. The zero-order valence-corrected chi connectivity index (χ0v) is 9.99. The van der Waals surface area contributed by atoms with Crippen LogP contribution in [-0.2, 0) is 13.0 Å². The average molecular weight is 224 g/mol. The van der Waals surface area contributed by atoms with E-state index in [1.807, 2.05) is 0 Å². The first-order valence-corrected chi connectivity index (χ1v) is 5.71. The number of nitrogens with one attached hydrogen (secondary N) is 1. The lowest BCUT2D eigenvalue weighted by atomic mass is 10.3. The van der Waals surface area contributed by atoms with Crippen molar-refractivity contribution in [2.45, 2.75) is 26.8 Å². The molecule has 0 atom stereocenters. The van der Waals surface area contributed by atoms with E-state index in [1.165, 1.54) is 6.07 Å². The van der Waals surface area contributed by atoms with Gasteiger partial charge in [-0.2, -0.15) is 0 Å². The molecule has 3 N–H and O–H groups in total. The Morgan fingerprint density at radius 3 is 2.69 bits per heavy atom. The lowest BCUT2D eigenvalue weighted by Crippen LogP contribution is -2.27. The smallest absolute Gasteiger partial charge is 0.251 e. The first-order chi connectivity index (χ1) is 7.69. The third kappa shape index (κ3) is 3.75. The molecule has 0 aliphatic rings. The summed E-state index contributed by atoms with van der Waals surface area (Å²) in [5, 5.41) is 0. The summed E-state index contributed by atoms with van der Waals surface area (Å²) in [7, 11) is 0. The van der Waals surface area contributed by atoms with E-state index in [1.54, 1.807) is 0 Å². The second-order valence-corrected chi connectivity index (χ2v) is 3.66. The van der Waals surface area contributed by atoms with Crippen LogP contribution in [-0.4, -0.2) is 34.5 Å². The Balaban J connectivity index is 2.66. The molecule has 0 aromatic carbocycles. The highest BCUT2D eigenvalue weighted by atomic mass is 16.1. The second kappa shape index (κ2) is 6.40. The standard InChI is InChI=1S/C11H20N4O/c1-3-15(4-2)6-5-10-13-9(8-12)7-11(16)14-10/h7H,3-6,8,12H2,1-2H3,(H,13,14,16). The van der Waals surface area contributed by atoms with Crippen molar-refractivity contribution in [3.63, 3.8) is 0 Å². The summed E-state index contributed by atoms with van der Waals surface area (Å²) in [6.07, 6.45) is 0.755. The minimum Gasteiger partial charge on any atom is -0.325 e. The van der Waals surface area contributed by atoms with E-state index in [0.29, 0.717) is 12.2 Å². The van der Waals surface area contributed by atoms with E-state index in [2.05, 4.69) is 28.7 Å². The summed E-state index contributed by atoms with van der Waals surface area (Å²) >= 11 is 0. The Morgan fingerprint density at radius 2 is 2.12 bits per heavy atom. The highest BCUT2D eigenvalue weighted by Gasteiger charge is 2.03. The predicted octanol–water partition coefficient (Wildman–Crippen LogP) is 0.113. The van der Waals surface area contributed by atoms with Gasteiger partial charge in [-0.1, -0.05) is 13.8 Å². The first kappa shape index (κ1) is 12.9. The Labute approximate surface area is 95.7 Å². The van der Waals surface area contributed by atoms with Gasteiger partial charge in [0.15, 0.2) is 0 Å². The Morgan fingerprint density at radius 1 is 1.44 bits per heavy atom. The summed E-state index contributed by atoms with van der Waals surface area (Å²) in [6, 6.07) is 1.45. The molecule has 0 saturated carbocycles. The number of aromatic amines is 1. The van der Waals surface area contributed by atoms with Gasteiger partial charge in [0.1, 0.15) is 5.82 Å². The second-order valence-electron chi connectivity index (χ2n) is 3.66. The van der Waals surface area contributed by atoms with Crippen LogP contribution in [0.1, 0.15) is 25.4 Å². The van der Waals surface area contributed by atoms with E-state index in [9.17, 15) is 4.79 Å². The number of nitrogens with zero attached hydrogens (tertiary/aromatic N) is 2. The van der Waals surface area contributed by atoms with Crippen LogP contribution in [0, 0.1) is 0 Å². The van der Waals surface area contributed by atoms with Crippen molar-refractivity contribution in [2.24, 2.45) is 5.73 Å². The molecule has 5 heteroatoms. The molecular weight excluding hydrogens is 204 g/mol. The number of nitrogens with two attached hydrogens (primary N) is 1. The monoisotopic (exact) mass is 224 g/mol. The molecule has 1 heterocycles. The summed E-state index contributed by atoms with van der Waals surface area (Å²) in [6.45, 7) is 7.48. The zero-order valence-electron chi connectivity index (χ0n) is 9.99. The Hall–Kier alpha value is -1.20. The minimum absolute atomic E-state index is 0.120. The van der Waals surface area contributed by atoms with Crippen LogP contribution >= 0.6 is 0 Å². The quantitative estimate of drug-likeness (QED) is 0.719. The van der Waals surface area contributed by atoms with Crippen molar-refractivity contribution >= 4 is 0 Å². The van der Waals surface area contributed by atoms with Gasteiger partial charge >= 0.3 is 0 Å². The summed E-state index contributed by atoms with van der Waals surface area (Å²) in [5.74, 6) is 0.722. The van der Waals surface area contributed by atoms with Gasteiger partial charge in [0.2, 0.25) is 0 Å². The van der Waals surface area contributed by atoms with E-state index in [-0.39, 0.29) is 5.56 Å². The maximum Gasteiger partial charge on any atom is 0.251 e.